The van der Waals surface area contributed by atoms with Crippen molar-refractivity contribution in [2.24, 2.45) is 0 Å². The molecule has 0 N–H and O–H groups in total. The van der Waals surface area contributed by atoms with Crippen LogP contribution in [0.3, 0.4) is 0 Å². The van der Waals surface area contributed by atoms with Gasteiger partial charge in [-0.1, -0.05) is 23.7 Å². The molecule has 6 rings (SSSR count). The number of aromatic nitrogens is 5. The van der Waals surface area contributed by atoms with Gasteiger partial charge in [-0.15, -0.1) is 0 Å². The molecule has 176 valence electrons. The molecule has 2 atom stereocenters. The van der Waals surface area contributed by atoms with E-state index in [1.807, 2.05) is 23.0 Å². The summed E-state index contributed by atoms with van der Waals surface area (Å²) in [5, 5.41) is 13.8. The van der Waals surface area contributed by atoms with Gasteiger partial charge in [-0.05, 0) is 44.7 Å². The van der Waals surface area contributed by atoms with E-state index >= 15 is 0 Å². The van der Waals surface area contributed by atoms with Gasteiger partial charge >= 0.3 is 0 Å². The molecule has 0 spiro atoms. The second-order valence-corrected chi connectivity index (χ2v) is 9.66. The second-order valence-electron chi connectivity index (χ2n) is 9.28. The lowest BCUT2D eigenvalue weighted by Crippen LogP contribution is -2.23. The van der Waals surface area contributed by atoms with E-state index in [-0.39, 0.29) is 22.6 Å². The first-order chi connectivity index (χ1) is 17.0. The summed E-state index contributed by atoms with van der Waals surface area (Å²) in [6.07, 6.45) is 9.58. The molecule has 4 aromatic rings. The van der Waals surface area contributed by atoms with Gasteiger partial charge in [-0.3, -0.25) is 13.9 Å². The number of benzene rings is 1. The first-order valence-electron chi connectivity index (χ1n) is 11.8. The molecule has 1 aliphatic carbocycles. The summed E-state index contributed by atoms with van der Waals surface area (Å²) in [5.74, 6) is 0.0894. The molecule has 0 radical (unpaired) electrons. The van der Waals surface area contributed by atoms with E-state index in [1.54, 1.807) is 25.3 Å². The third kappa shape index (κ3) is 4.01. The van der Waals surface area contributed by atoms with Crippen molar-refractivity contribution in [1.82, 2.24) is 24.1 Å². The van der Waals surface area contributed by atoms with Gasteiger partial charge in [0.25, 0.3) is 5.56 Å². The van der Waals surface area contributed by atoms with Gasteiger partial charge in [0.1, 0.15) is 10.7 Å². The molecule has 8 nitrogen and oxygen atoms in total. The molecule has 0 amide bonds. The van der Waals surface area contributed by atoms with Crippen LogP contribution in [-0.4, -0.2) is 30.8 Å². The minimum Gasteiger partial charge on any atom is -0.373 e. The average Bonchev–Trinajstić information content (AvgIpc) is 3.63. The Hall–Kier alpha value is -3.54. The number of nitriles is 1. The lowest BCUT2D eigenvalue weighted by atomic mass is 9.90. The Balaban J connectivity index is 1.43. The largest absolute Gasteiger partial charge is 0.373 e. The zero-order valence-corrected chi connectivity index (χ0v) is 19.9. The number of hydrogen-bond acceptors (Lipinski definition) is 6. The molecule has 2 fully saturated rings. The van der Waals surface area contributed by atoms with Crippen molar-refractivity contribution < 1.29 is 4.74 Å². The molecule has 1 saturated carbocycles. The van der Waals surface area contributed by atoms with E-state index in [9.17, 15) is 10.1 Å². The first kappa shape index (κ1) is 22.0. The van der Waals surface area contributed by atoms with Crippen molar-refractivity contribution in [3.63, 3.8) is 0 Å². The molecule has 4 heterocycles. The van der Waals surface area contributed by atoms with Gasteiger partial charge < -0.3 is 4.74 Å². The van der Waals surface area contributed by atoms with Crippen LogP contribution >= 0.6 is 11.6 Å². The van der Waals surface area contributed by atoms with E-state index in [1.165, 1.54) is 17.2 Å². The summed E-state index contributed by atoms with van der Waals surface area (Å²) < 4.78 is 9.64. The number of fused-ring (bicyclic) bond motifs is 1. The van der Waals surface area contributed by atoms with Crippen molar-refractivity contribution in [2.75, 3.05) is 6.61 Å². The van der Waals surface area contributed by atoms with Crippen LogP contribution in [0.15, 0.2) is 47.7 Å². The molecule has 1 aliphatic heterocycles. The lowest BCUT2D eigenvalue weighted by molar-refractivity contribution is 0.00454. The highest BCUT2D eigenvalue weighted by Gasteiger charge is 2.30. The van der Waals surface area contributed by atoms with Gasteiger partial charge in [-0.2, -0.15) is 10.4 Å². The zero-order chi connectivity index (χ0) is 24.1. The van der Waals surface area contributed by atoms with Gasteiger partial charge in [0, 0.05) is 36.0 Å². The smallest absolute Gasteiger partial charge is 0.277 e. The Bertz CT molecular complexity index is 1530. The Morgan fingerprint density at radius 2 is 1.94 bits per heavy atom. The van der Waals surface area contributed by atoms with Crippen LogP contribution in [0.5, 0.6) is 0 Å². The Kier molecular flexibility index (Phi) is 5.39. The molecule has 3 aromatic heterocycles. The Morgan fingerprint density at radius 1 is 1.14 bits per heavy atom. The maximum atomic E-state index is 13.1. The average molecular weight is 487 g/mol. The number of nitrogens with zero attached hydrogens (tertiary/aromatic N) is 6. The Morgan fingerprint density at radius 3 is 2.69 bits per heavy atom. The monoisotopic (exact) mass is 486 g/mol. The molecule has 35 heavy (non-hydrogen) atoms. The number of hydrogen-bond donors (Lipinski definition) is 0. The second kappa shape index (κ2) is 8.59. The van der Waals surface area contributed by atoms with Crippen molar-refractivity contribution in [3.05, 3.63) is 80.7 Å². The van der Waals surface area contributed by atoms with Crippen LogP contribution in [0.1, 0.15) is 66.3 Å². The predicted molar refractivity (Wildman–Crippen MR) is 130 cm³/mol. The lowest BCUT2D eigenvalue weighted by Gasteiger charge is -2.29. The van der Waals surface area contributed by atoms with Crippen molar-refractivity contribution in [3.8, 4) is 17.3 Å². The topological polar surface area (TPSA) is 98.1 Å². The summed E-state index contributed by atoms with van der Waals surface area (Å²) in [6, 6.07) is 9.80. The Labute approximate surface area is 206 Å². The molecule has 1 aromatic carbocycles. The maximum absolute atomic E-state index is 13.1. The van der Waals surface area contributed by atoms with Gasteiger partial charge in [0.05, 0.1) is 41.4 Å². The SMILES string of the molecule is Cc1nc2c(-c3ccc(C#N)cc3)nc([C@H]3CCO[C@@H](c4cnn(C5CC5)c4)C3)cn2c(=O)c1Cl. The number of halogens is 1. The van der Waals surface area contributed by atoms with Crippen molar-refractivity contribution >= 4 is 17.2 Å². The maximum Gasteiger partial charge on any atom is 0.277 e. The number of rotatable bonds is 4. The van der Waals surface area contributed by atoms with Crippen molar-refractivity contribution in [2.45, 2.75) is 50.7 Å². The van der Waals surface area contributed by atoms with Crippen LogP contribution in [0.4, 0.5) is 0 Å². The van der Waals surface area contributed by atoms with E-state index in [0.29, 0.717) is 35.2 Å². The van der Waals surface area contributed by atoms with E-state index in [0.717, 1.165) is 29.7 Å². The molecular weight excluding hydrogens is 464 g/mol. The fraction of sp³-hybridized carbons (Fsp3) is 0.346. The number of ether oxygens (including phenoxy) is 1. The van der Waals surface area contributed by atoms with E-state index < -0.39 is 0 Å². The van der Waals surface area contributed by atoms with Crippen LogP contribution in [0, 0.1) is 18.3 Å². The normalized spacial score (nSPS) is 20.1. The molecule has 2 aliphatic rings. The third-order valence-electron chi connectivity index (χ3n) is 6.84. The quantitative estimate of drug-likeness (QED) is 0.412. The fourth-order valence-corrected chi connectivity index (χ4v) is 4.83. The summed E-state index contributed by atoms with van der Waals surface area (Å²) >= 11 is 6.29. The molecule has 0 bridgehead atoms. The molecule has 9 heteroatoms. The highest BCUT2D eigenvalue weighted by Crippen LogP contribution is 2.39. The minimum atomic E-state index is -0.318. The molecular formula is C26H23ClN6O2. The fourth-order valence-electron chi connectivity index (χ4n) is 4.69. The van der Waals surface area contributed by atoms with E-state index in [2.05, 4.69) is 22.3 Å². The zero-order valence-electron chi connectivity index (χ0n) is 19.2. The number of aryl methyl sites for hydroxylation is 1. The van der Waals surface area contributed by atoms with Crippen LogP contribution in [0.2, 0.25) is 5.02 Å². The van der Waals surface area contributed by atoms with Gasteiger partial charge in [0.15, 0.2) is 5.65 Å². The standard InChI is InChI=1S/C26H23ClN6O2/c1-15-23(27)26(34)32-14-21(31-24(25(32)30-15)17-4-2-16(11-28)3-5-17)18-8-9-35-22(10-18)19-12-29-33(13-19)20-6-7-20/h2-5,12-14,18,20,22H,6-10H2,1H3/t18-,22+/m0/s1. The highest BCUT2D eigenvalue weighted by molar-refractivity contribution is 6.31. The van der Waals surface area contributed by atoms with Crippen LogP contribution in [-0.2, 0) is 4.74 Å². The summed E-state index contributed by atoms with van der Waals surface area (Å²) in [6.45, 7) is 2.31. The molecule has 1 saturated heterocycles. The van der Waals surface area contributed by atoms with Crippen LogP contribution in [0.25, 0.3) is 16.9 Å². The van der Waals surface area contributed by atoms with Gasteiger partial charge in [-0.25, -0.2) is 9.97 Å². The van der Waals surface area contributed by atoms with Crippen LogP contribution < -0.4 is 5.56 Å². The third-order valence-corrected chi connectivity index (χ3v) is 7.28. The summed E-state index contributed by atoms with van der Waals surface area (Å²) in [5.41, 5.74) is 4.38. The van der Waals surface area contributed by atoms with Crippen molar-refractivity contribution in [1.29, 1.82) is 5.26 Å². The first-order valence-corrected chi connectivity index (χ1v) is 12.1. The summed E-state index contributed by atoms with van der Waals surface area (Å²) in [7, 11) is 0. The van der Waals surface area contributed by atoms with Gasteiger partial charge in [0.2, 0.25) is 0 Å². The summed E-state index contributed by atoms with van der Waals surface area (Å²) in [4.78, 5) is 22.7. The van der Waals surface area contributed by atoms with E-state index in [4.69, 9.17) is 21.3 Å². The highest BCUT2D eigenvalue weighted by atomic mass is 35.5. The minimum absolute atomic E-state index is 0.0754. The molecule has 0 unspecified atom stereocenters. The predicted octanol–water partition coefficient (Wildman–Crippen LogP) is 4.76.